The van der Waals surface area contributed by atoms with E-state index in [0.29, 0.717) is 25.4 Å². The Bertz CT molecular complexity index is 768. The molecule has 1 aromatic heterocycles. The third-order valence-electron chi connectivity index (χ3n) is 3.70. The summed E-state index contributed by atoms with van der Waals surface area (Å²) in [6.07, 6.45) is 2.14. The first-order chi connectivity index (χ1) is 11.0. The Morgan fingerprint density at radius 2 is 2.00 bits per heavy atom. The Hall–Kier alpha value is -1.44. The summed E-state index contributed by atoms with van der Waals surface area (Å²) in [5, 5.41) is 0. The fourth-order valence-electron chi connectivity index (χ4n) is 2.54. The van der Waals surface area contributed by atoms with Crippen molar-refractivity contribution >= 4 is 26.0 Å². The van der Waals surface area contributed by atoms with E-state index in [4.69, 9.17) is 4.74 Å². The molecule has 1 aliphatic heterocycles. The third-order valence-corrected chi connectivity index (χ3v) is 6.12. The van der Waals surface area contributed by atoms with E-state index in [2.05, 4.69) is 20.9 Å². The number of hydrogen-bond donors (Lipinski definition) is 0. The van der Waals surface area contributed by atoms with E-state index in [-0.39, 0.29) is 11.9 Å². The van der Waals surface area contributed by atoms with Crippen molar-refractivity contribution in [1.82, 2.24) is 9.29 Å². The third kappa shape index (κ3) is 4.10. The van der Waals surface area contributed by atoms with Crippen molar-refractivity contribution in [2.75, 3.05) is 13.1 Å². The minimum absolute atomic E-state index is 0.0217. The van der Waals surface area contributed by atoms with Gasteiger partial charge in [-0.1, -0.05) is 30.3 Å². The van der Waals surface area contributed by atoms with E-state index in [1.807, 2.05) is 42.5 Å². The van der Waals surface area contributed by atoms with Crippen molar-refractivity contribution in [3.63, 3.8) is 0 Å². The largest absolute Gasteiger partial charge is 0.472 e. The van der Waals surface area contributed by atoms with Crippen LogP contribution in [0.2, 0.25) is 0 Å². The predicted octanol–water partition coefficient (Wildman–Crippen LogP) is 2.83. The molecule has 0 spiro atoms. The molecule has 0 radical (unpaired) electrons. The van der Waals surface area contributed by atoms with Gasteiger partial charge in [0.05, 0.1) is 16.8 Å². The van der Waals surface area contributed by atoms with Crippen LogP contribution in [-0.4, -0.2) is 36.9 Å². The van der Waals surface area contributed by atoms with Crippen LogP contribution in [0.1, 0.15) is 12.0 Å². The van der Waals surface area contributed by atoms with Gasteiger partial charge in [-0.3, -0.25) is 0 Å². The zero-order chi connectivity index (χ0) is 16.3. The first-order valence-electron chi connectivity index (χ1n) is 7.33. The van der Waals surface area contributed by atoms with Gasteiger partial charge >= 0.3 is 0 Å². The van der Waals surface area contributed by atoms with Crippen LogP contribution < -0.4 is 4.74 Å². The van der Waals surface area contributed by atoms with E-state index in [1.165, 1.54) is 4.31 Å². The summed E-state index contributed by atoms with van der Waals surface area (Å²) in [5.41, 5.74) is 0.796. The predicted molar refractivity (Wildman–Crippen MR) is 91.6 cm³/mol. The lowest BCUT2D eigenvalue weighted by atomic mass is 10.2. The topological polar surface area (TPSA) is 59.5 Å². The quantitative estimate of drug-likeness (QED) is 0.779. The summed E-state index contributed by atoms with van der Waals surface area (Å²) in [7, 11) is -3.33. The molecule has 7 heteroatoms. The van der Waals surface area contributed by atoms with Crippen LogP contribution in [0.25, 0.3) is 0 Å². The van der Waals surface area contributed by atoms with Crippen LogP contribution in [0.5, 0.6) is 5.88 Å². The van der Waals surface area contributed by atoms with Crippen LogP contribution in [0, 0.1) is 0 Å². The second-order valence-electron chi connectivity index (χ2n) is 5.42. The van der Waals surface area contributed by atoms with Crippen LogP contribution in [0.4, 0.5) is 0 Å². The molecule has 1 aliphatic rings. The number of hydrogen-bond acceptors (Lipinski definition) is 4. The number of benzene rings is 1. The van der Waals surface area contributed by atoms with Crippen LogP contribution in [0.15, 0.2) is 53.1 Å². The Kier molecular flexibility index (Phi) is 4.99. The second-order valence-corrected chi connectivity index (χ2v) is 8.24. The number of nitrogens with zero attached hydrogens (tertiary/aromatic N) is 2. The van der Waals surface area contributed by atoms with Crippen molar-refractivity contribution in [3.05, 3.63) is 58.7 Å². The summed E-state index contributed by atoms with van der Waals surface area (Å²) in [4.78, 5) is 4.16. The SMILES string of the molecule is O=S(=O)(Cc1ccccc1)N1CC[C@@H](Oc2ncccc2Br)C1. The molecule has 0 unspecified atom stereocenters. The highest BCUT2D eigenvalue weighted by Crippen LogP contribution is 2.26. The van der Waals surface area contributed by atoms with Gasteiger partial charge in [-0.25, -0.2) is 13.4 Å². The van der Waals surface area contributed by atoms with Crippen molar-refractivity contribution in [3.8, 4) is 5.88 Å². The fourth-order valence-corrected chi connectivity index (χ4v) is 4.46. The molecule has 23 heavy (non-hydrogen) atoms. The van der Waals surface area contributed by atoms with E-state index in [0.717, 1.165) is 10.0 Å². The Balaban J connectivity index is 1.64. The average Bonchev–Trinajstić information content (AvgIpc) is 3.00. The molecule has 0 saturated carbocycles. The molecule has 2 aromatic rings. The maximum Gasteiger partial charge on any atom is 0.228 e. The highest BCUT2D eigenvalue weighted by atomic mass is 79.9. The molecule has 0 aliphatic carbocycles. The molecule has 1 atom stereocenters. The van der Waals surface area contributed by atoms with Gasteiger partial charge in [0.25, 0.3) is 0 Å². The van der Waals surface area contributed by atoms with Crippen LogP contribution in [-0.2, 0) is 15.8 Å². The Morgan fingerprint density at radius 1 is 1.22 bits per heavy atom. The molecule has 0 bridgehead atoms. The number of rotatable bonds is 5. The van der Waals surface area contributed by atoms with Gasteiger partial charge in [-0.05, 0) is 40.0 Å². The highest BCUT2D eigenvalue weighted by molar-refractivity contribution is 9.10. The zero-order valence-corrected chi connectivity index (χ0v) is 14.8. The first-order valence-corrected chi connectivity index (χ1v) is 9.74. The number of ether oxygens (including phenoxy) is 1. The van der Waals surface area contributed by atoms with Crippen molar-refractivity contribution in [2.24, 2.45) is 0 Å². The molecule has 2 heterocycles. The summed E-state index contributed by atoms with van der Waals surface area (Å²) < 4.78 is 33.1. The van der Waals surface area contributed by atoms with E-state index in [1.54, 1.807) is 6.20 Å². The van der Waals surface area contributed by atoms with E-state index < -0.39 is 10.0 Å². The van der Waals surface area contributed by atoms with Gasteiger partial charge in [0, 0.05) is 12.7 Å². The fraction of sp³-hybridized carbons (Fsp3) is 0.312. The second kappa shape index (κ2) is 6.98. The minimum atomic E-state index is -3.33. The lowest BCUT2D eigenvalue weighted by Gasteiger charge is -2.17. The highest BCUT2D eigenvalue weighted by Gasteiger charge is 2.33. The normalized spacial score (nSPS) is 18.9. The molecule has 3 rings (SSSR count). The van der Waals surface area contributed by atoms with Gasteiger partial charge in [0.2, 0.25) is 15.9 Å². The van der Waals surface area contributed by atoms with Gasteiger partial charge in [-0.15, -0.1) is 0 Å². The Morgan fingerprint density at radius 3 is 2.74 bits per heavy atom. The van der Waals surface area contributed by atoms with E-state index >= 15 is 0 Å². The number of aromatic nitrogens is 1. The summed E-state index contributed by atoms with van der Waals surface area (Å²) in [5.74, 6) is 0.521. The number of pyridine rings is 1. The minimum Gasteiger partial charge on any atom is -0.472 e. The van der Waals surface area contributed by atoms with Crippen molar-refractivity contribution in [1.29, 1.82) is 0 Å². The molecule has 0 amide bonds. The standard InChI is InChI=1S/C16H17BrN2O3S/c17-15-7-4-9-18-16(15)22-14-8-10-19(11-14)23(20,21)12-13-5-2-1-3-6-13/h1-7,9,14H,8,10-12H2/t14-/m1/s1. The smallest absolute Gasteiger partial charge is 0.228 e. The summed E-state index contributed by atoms with van der Waals surface area (Å²) in [6, 6.07) is 12.9. The summed E-state index contributed by atoms with van der Waals surface area (Å²) >= 11 is 3.38. The molecule has 0 N–H and O–H groups in total. The number of halogens is 1. The molecular weight excluding hydrogens is 380 g/mol. The van der Waals surface area contributed by atoms with Crippen LogP contribution in [0.3, 0.4) is 0 Å². The lowest BCUT2D eigenvalue weighted by molar-refractivity contribution is 0.205. The van der Waals surface area contributed by atoms with Crippen molar-refractivity contribution < 1.29 is 13.2 Å². The molecule has 122 valence electrons. The maximum atomic E-state index is 12.5. The van der Waals surface area contributed by atoms with Crippen LogP contribution >= 0.6 is 15.9 Å². The maximum absolute atomic E-state index is 12.5. The molecule has 1 saturated heterocycles. The molecular formula is C16H17BrN2O3S. The van der Waals surface area contributed by atoms with Crippen molar-refractivity contribution in [2.45, 2.75) is 18.3 Å². The number of sulfonamides is 1. The lowest BCUT2D eigenvalue weighted by Crippen LogP contribution is -2.32. The van der Waals surface area contributed by atoms with Gasteiger partial charge in [-0.2, -0.15) is 4.31 Å². The van der Waals surface area contributed by atoms with Gasteiger partial charge in [0.15, 0.2) is 0 Å². The van der Waals surface area contributed by atoms with Gasteiger partial charge < -0.3 is 4.74 Å². The zero-order valence-electron chi connectivity index (χ0n) is 12.4. The van der Waals surface area contributed by atoms with Gasteiger partial charge in [0.1, 0.15) is 6.10 Å². The Labute approximate surface area is 144 Å². The molecule has 1 fully saturated rings. The summed E-state index contributed by atoms with van der Waals surface area (Å²) in [6.45, 7) is 0.836. The monoisotopic (exact) mass is 396 g/mol. The van der Waals surface area contributed by atoms with E-state index in [9.17, 15) is 8.42 Å². The molecule has 1 aromatic carbocycles. The average molecular weight is 397 g/mol. The molecule has 5 nitrogen and oxygen atoms in total. The first kappa shape index (κ1) is 16.4.